The van der Waals surface area contributed by atoms with Crippen molar-refractivity contribution in [2.45, 2.75) is 71.8 Å². The van der Waals surface area contributed by atoms with Gasteiger partial charge in [0.15, 0.2) is 0 Å². The molecule has 0 radical (unpaired) electrons. The van der Waals surface area contributed by atoms with E-state index in [1.54, 1.807) is 4.68 Å². The Hall–Kier alpha value is -1.32. The van der Waals surface area contributed by atoms with Crippen LogP contribution in [0.15, 0.2) is 6.20 Å². The highest BCUT2D eigenvalue weighted by atomic mass is 16.4. The molecular formula is C15H26N2O2. The van der Waals surface area contributed by atoms with Gasteiger partial charge in [0.05, 0.1) is 6.20 Å². The molecule has 1 aromatic heterocycles. The first-order valence-electron chi connectivity index (χ1n) is 7.44. The largest absolute Gasteiger partial charge is 0.480 e. The third kappa shape index (κ3) is 5.45. The van der Waals surface area contributed by atoms with Crippen molar-refractivity contribution >= 4 is 5.97 Å². The van der Waals surface area contributed by atoms with Gasteiger partial charge in [-0.15, -0.1) is 0 Å². The maximum atomic E-state index is 10.9. The lowest BCUT2D eigenvalue weighted by molar-refractivity contribution is -0.137. The SMILES string of the molecule is CCCCCc1cnn(CC(=O)O)c1CCCCC. The van der Waals surface area contributed by atoms with Gasteiger partial charge in [0.25, 0.3) is 0 Å². The highest BCUT2D eigenvalue weighted by Gasteiger charge is 2.12. The molecule has 0 aliphatic carbocycles. The molecule has 0 unspecified atom stereocenters. The molecule has 1 heterocycles. The monoisotopic (exact) mass is 266 g/mol. The van der Waals surface area contributed by atoms with Crippen molar-refractivity contribution in [3.05, 3.63) is 17.5 Å². The summed E-state index contributed by atoms with van der Waals surface area (Å²) in [6.07, 6.45) is 10.9. The number of carboxylic acids is 1. The molecule has 1 rings (SSSR count). The van der Waals surface area contributed by atoms with E-state index in [1.165, 1.54) is 31.2 Å². The maximum absolute atomic E-state index is 10.9. The van der Waals surface area contributed by atoms with Crippen molar-refractivity contribution in [2.24, 2.45) is 0 Å². The number of nitrogens with zero attached hydrogens (tertiary/aromatic N) is 2. The summed E-state index contributed by atoms with van der Waals surface area (Å²) in [5.74, 6) is -0.819. The first-order chi connectivity index (χ1) is 9.19. The predicted molar refractivity (Wildman–Crippen MR) is 76.3 cm³/mol. The Balaban J connectivity index is 2.71. The summed E-state index contributed by atoms with van der Waals surface area (Å²) in [7, 11) is 0. The van der Waals surface area contributed by atoms with Crippen LogP contribution in [-0.2, 0) is 24.2 Å². The first-order valence-corrected chi connectivity index (χ1v) is 7.44. The zero-order valence-electron chi connectivity index (χ0n) is 12.2. The van der Waals surface area contributed by atoms with Gasteiger partial charge in [0.1, 0.15) is 6.54 Å². The van der Waals surface area contributed by atoms with Crippen LogP contribution < -0.4 is 0 Å². The summed E-state index contributed by atoms with van der Waals surface area (Å²) in [4.78, 5) is 10.9. The van der Waals surface area contributed by atoms with Crippen LogP contribution in [0.3, 0.4) is 0 Å². The molecule has 19 heavy (non-hydrogen) atoms. The molecule has 0 saturated heterocycles. The molecule has 0 saturated carbocycles. The van der Waals surface area contributed by atoms with Crippen LogP contribution in [0.5, 0.6) is 0 Å². The van der Waals surface area contributed by atoms with Crippen LogP contribution in [0.4, 0.5) is 0 Å². The van der Waals surface area contributed by atoms with E-state index >= 15 is 0 Å². The molecule has 0 aliphatic rings. The minimum absolute atomic E-state index is 0.0186. The molecule has 0 fully saturated rings. The van der Waals surface area contributed by atoms with Crippen LogP contribution in [0, 0.1) is 0 Å². The lowest BCUT2D eigenvalue weighted by Crippen LogP contribution is -2.13. The summed E-state index contributed by atoms with van der Waals surface area (Å²) in [6, 6.07) is 0. The fraction of sp³-hybridized carbons (Fsp3) is 0.733. The van der Waals surface area contributed by atoms with E-state index in [4.69, 9.17) is 5.11 Å². The van der Waals surface area contributed by atoms with Crippen molar-refractivity contribution in [3.8, 4) is 0 Å². The molecule has 0 spiro atoms. The van der Waals surface area contributed by atoms with Gasteiger partial charge in [-0.25, -0.2) is 0 Å². The number of carbonyl (C=O) groups is 1. The molecule has 0 amide bonds. The Morgan fingerprint density at radius 3 is 2.37 bits per heavy atom. The van der Waals surface area contributed by atoms with E-state index in [9.17, 15) is 4.79 Å². The topological polar surface area (TPSA) is 55.1 Å². The van der Waals surface area contributed by atoms with E-state index < -0.39 is 5.97 Å². The predicted octanol–water partition coefficient (Wildman–Crippen LogP) is 3.43. The minimum atomic E-state index is -0.819. The maximum Gasteiger partial charge on any atom is 0.325 e. The van der Waals surface area contributed by atoms with E-state index in [0.29, 0.717) is 0 Å². The second-order valence-electron chi connectivity index (χ2n) is 5.08. The third-order valence-corrected chi connectivity index (χ3v) is 3.39. The Labute approximate surface area is 115 Å². The Morgan fingerprint density at radius 1 is 1.16 bits per heavy atom. The van der Waals surface area contributed by atoms with Crippen LogP contribution in [0.1, 0.15) is 63.6 Å². The minimum Gasteiger partial charge on any atom is -0.480 e. The molecule has 1 aromatic rings. The summed E-state index contributed by atoms with van der Waals surface area (Å²) in [5, 5.41) is 13.2. The van der Waals surface area contributed by atoms with Gasteiger partial charge >= 0.3 is 5.97 Å². The van der Waals surface area contributed by atoms with Gasteiger partial charge in [-0.2, -0.15) is 5.10 Å². The van der Waals surface area contributed by atoms with Gasteiger partial charge in [0, 0.05) is 5.69 Å². The van der Waals surface area contributed by atoms with Crippen molar-refractivity contribution < 1.29 is 9.90 Å². The fourth-order valence-electron chi connectivity index (χ4n) is 2.32. The average molecular weight is 266 g/mol. The number of carboxylic acid groups (broad SMARTS) is 1. The van der Waals surface area contributed by atoms with E-state index in [1.807, 2.05) is 6.20 Å². The van der Waals surface area contributed by atoms with E-state index in [2.05, 4.69) is 18.9 Å². The van der Waals surface area contributed by atoms with Crippen LogP contribution in [0.25, 0.3) is 0 Å². The van der Waals surface area contributed by atoms with Gasteiger partial charge in [-0.3, -0.25) is 9.48 Å². The average Bonchev–Trinajstić information content (AvgIpc) is 2.72. The number of aryl methyl sites for hydroxylation is 1. The van der Waals surface area contributed by atoms with Gasteiger partial charge in [0.2, 0.25) is 0 Å². The number of hydrogen-bond donors (Lipinski definition) is 1. The Kier molecular flexibility index (Phi) is 7.23. The summed E-state index contributed by atoms with van der Waals surface area (Å²) < 4.78 is 1.67. The van der Waals surface area contributed by atoms with E-state index in [-0.39, 0.29) is 6.54 Å². The second-order valence-corrected chi connectivity index (χ2v) is 5.08. The Morgan fingerprint density at radius 2 is 1.79 bits per heavy atom. The lowest BCUT2D eigenvalue weighted by atomic mass is 10.0. The molecular weight excluding hydrogens is 240 g/mol. The normalized spacial score (nSPS) is 10.8. The number of aliphatic carboxylic acids is 1. The second kappa shape index (κ2) is 8.73. The number of aromatic nitrogens is 2. The van der Waals surface area contributed by atoms with E-state index in [0.717, 1.165) is 31.4 Å². The van der Waals surface area contributed by atoms with Crippen molar-refractivity contribution in [1.82, 2.24) is 9.78 Å². The highest BCUT2D eigenvalue weighted by molar-refractivity contribution is 5.66. The molecule has 0 bridgehead atoms. The van der Waals surface area contributed by atoms with Crippen LogP contribution in [0.2, 0.25) is 0 Å². The quantitative estimate of drug-likeness (QED) is 0.660. The highest BCUT2D eigenvalue weighted by Crippen LogP contribution is 2.16. The zero-order valence-corrected chi connectivity index (χ0v) is 12.2. The molecule has 0 aliphatic heterocycles. The van der Waals surface area contributed by atoms with Gasteiger partial charge < -0.3 is 5.11 Å². The smallest absolute Gasteiger partial charge is 0.325 e. The summed E-state index contributed by atoms with van der Waals surface area (Å²) in [5.41, 5.74) is 2.37. The molecule has 0 atom stereocenters. The molecule has 4 nitrogen and oxygen atoms in total. The van der Waals surface area contributed by atoms with Crippen molar-refractivity contribution in [1.29, 1.82) is 0 Å². The van der Waals surface area contributed by atoms with Crippen molar-refractivity contribution in [2.75, 3.05) is 0 Å². The summed E-state index contributed by atoms with van der Waals surface area (Å²) in [6.45, 7) is 4.35. The zero-order chi connectivity index (χ0) is 14.1. The number of hydrogen-bond acceptors (Lipinski definition) is 2. The molecule has 108 valence electrons. The van der Waals surface area contributed by atoms with Gasteiger partial charge in [-0.05, 0) is 31.2 Å². The fourth-order valence-corrected chi connectivity index (χ4v) is 2.32. The van der Waals surface area contributed by atoms with Crippen LogP contribution in [-0.4, -0.2) is 20.9 Å². The lowest BCUT2D eigenvalue weighted by Gasteiger charge is -2.08. The molecule has 0 aromatic carbocycles. The standard InChI is InChI=1S/C15H26N2O2/c1-3-5-7-9-13-11-16-17(12-15(18)19)14(13)10-8-6-4-2/h11H,3-10,12H2,1-2H3,(H,18,19). The third-order valence-electron chi connectivity index (χ3n) is 3.39. The Bertz CT molecular complexity index is 385. The van der Waals surface area contributed by atoms with Gasteiger partial charge in [-0.1, -0.05) is 39.5 Å². The van der Waals surface area contributed by atoms with Crippen LogP contribution >= 0.6 is 0 Å². The number of rotatable bonds is 10. The summed E-state index contributed by atoms with van der Waals surface area (Å²) >= 11 is 0. The molecule has 4 heteroatoms. The van der Waals surface area contributed by atoms with Crippen molar-refractivity contribution in [3.63, 3.8) is 0 Å². The molecule has 1 N–H and O–H groups in total. The number of unbranched alkanes of at least 4 members (excludes halogenated alkanes) is 4. The first kappa shape index (κ1) is 15.7.